The molecule has 0 saturated heterocycles. The van der Waals surface area contributed by atoms with E-state index in [2.05, 4.69) is 0 Å². The van der Waals surface area contributed by atoms with Crippen molar-refractivity contribution in [3.8, 4) is 0 Å². The third-order valence-corrected chi connectivity index (χ3v) is 1.41. The van der Waals surface area contributed by atoms with Crippen LogP contribution >= 0.6 is 0 Å². The van der Waals surface area contributed by atoms with Gasteiger partial charge in [-0.15, -0.1) is 0 Å². The zero-order valence-electron chi connectivity index (χ0n) is 8.69. The molecular formula is C8H18O6. The second-order valence-electron chi connectivity index (χ2n) is 2.49. The molecule has 3 N–H and O–H groups in total. The smallest absolute Gasteiger partial charge is 0.337 e. The van der Waals surface area contributed by atoms with E-state index in [9.17, 15) is 0 Å². The molecule has 0 aliphatic carbocycles. The van der Waals surface area contributed by atoms with Crippen LogP contribution in [0.25, 0.3) is 0 Å². The average molecular weight is 210 g/mol. The molecule has 0 saturated carbocycles. The van der Waals surface area contributed by atoms with Gasteiger partial charge in [-0.25, -0.2) is 0 Å². The van der Waals surface area contributed by atoms with E-state index in [0.29, 0.717) is 0 Å². The summed E-state index contributed by atoms with van der Waals surface area (Å²) in [5, 5.41) is 27.2. The van der Waals surface area contributed by atoms with E-state index in [-0.39, 0.29) is 19.8 Å². The summed E-state index contributed by atoms with van der Waals surface area (Å²) in [5.74, 6) is -5.44. The van der Waals surface area contributed by atoms with Crippen LogP contribution in [0.3, 0.4) is 0 Å². The lowest BCUT2D eigenvalue weighted by molar-refractivity contribution is -0.537. The van der Waals surface area contributed by atoms with Crippen molar-refractivity contribution in [3.05, 3.63) is 0 Å². The van der Waals surface area contributed by atoms with E-state index in [1.54, 1.807) is 20.8 Å². The molecule has 0 amide bonds. The number of hydrogen-bond donors (Lipinski definition) is 3. The summed E-state index contributed by atoms with van der Waals surface area (Å²) in [6, 6.07) is 0. The lowest BCUT2D eigenvalue weighted by Gasteiger charge is -2.37. The summed E-state index contributed by atoms with van der Waals surface area (Å²) < 4.78 is 14.6. The predicted molar refractivity (Wildman–Crippen MR) is 47.0 cm³/mol. The molecule has 0 fully saturated rings. The molecule has 0 aliphatic heterocycles. The maximum atomic E-state index is 9.06. The molecule has 14 heavy (non-hydrogen) atoms. The monoisotopic (exact) mass is 210 g/mol. The molecule has 0 spiro atoms. The summed E-state index contributed by atoms with van der Waals surface area (Å²) in [7, 11) is 0. The van der Waals surface area contributed by atoms with Crippen molar-refractivity contribution in [2.75, 3.05) is 19.8 Å². The van der Waals surface area contributed by atoms with Crippen LogP contribution in [0.4, 0.5) is 0 Å². The maximum Gasteiger partial charge on any atom is 0.369 e. The van der Waals surface area contributed by atoms with Crippen molar-refractivity contribution >= 4 is 0 Å². The first-order valence-corrected chi connectivity index (χ1v) is 4.52. The minimum Gasteiger partial charge on any atom is -0.337 e. The summed E-state index contributed by atoms with van der Waals surface area (Å²) in [4.78, 5) is 0. The molecule has 86 valence electrons. The Morgan fingerprint density at radius 2 is 1.07 bits per heavy atom. The highest BCUT2D eigenvalue weighted by molar-refractivity contribution is 4.66. The minimum absolute atomic E-state index is 0.101. The van der Waals surface area contributed by atoms with Gasteiger partial charge in [0.25, 0.3) is 0 Å². The Hall–Kier alpha value is -0.240. The molecule has 0 unspecified atom stereocenters. The first kappa shape index (κ1) is 13.8. The van der Waals surface area contributed by atoms with E-state index >= 15 is 0 Å². The lowest BCUT2D eigenvalue weighted by Crippen LogP contribution is -2.59. The van der Waals surface area contributed by atoms with Gasteiger partial charge in [-0.05, 0) is 20.8 Å². The molecule has 0 bridgehead atoms. The van der Waals surface area contributed by atoms with Crippen LogP contribution in [0.1, 0.15) is 20.8 Å². The topological polar surface area (TPSA) is 88.4 Å². The van der Waals surface area contributed by atoms with Gasteiger partial charge in [-0.2, -0.15) is 0 Å². The standard InChI is InChI=1S/C8H18O6/c1-4-12-8(13-5-2,14-6-3)7(9,10)11/h9-11H,4-6H2,1-3H3. The Morgan fingerprint density at radius 3 is 1.21 bits per heavy atom. The third kappa shape index (κ3) is 3.16. The normalized spacial score (nSPS) is 13.3. The van der Waals surface area contributed by atoms with Gasteiger partial charge < -0.3 is 29.5 Å². The van der Waals surface area contributed by atoms with Gasteiger partial charge in [0.05, 0.1) is 0 Å². The second-order valence-corrected chi connectivity index (χ2v) is 2.49. The average Bonchev–Trinajstić information content (AvgIpc) is 2.03. The Kier molecular flexibility index (Phi) is 5.50. The Bertz CT molecular complexity index is 135. The van der Waals surface area contributed by atoms with Crippen LogP contribution in [-0.4, -0.2) is 47.1 Å². The van der Waals surface area contributed by atoms with Crippen LogP contribution in [0, 0.1) is 0 Å². The molecule has 0 radical (unpaired) electrons. The van der Waals surface area contributed by atoms with E-state index < -0.39 is 11.9 Å². The third-order valence-electron chi connectivity index (χ3n) is 1.41. The Balaban J connectivity index is 4.73. The minimum atomic E-state index is -3.20. The number of ether oxygens (including phenoxy) is 3. The second kappa shape index (κ2) is 5.59. The van der Waals surface area contributed by atoms with Gasteiger partial charge in [0.15, 0.2) is 0 Å². The molecule has 0 aromatic heterocycles. The molecule has 6 heteroatoms. The Labute approximate surface area is 83.0 Å². The lowest BCUT2D eigenvalue weighted by atomic mass is 10.4. The van der Waals surface area contributed by atoms with Crippen molar-refractivity contribution in [1.29, 1.82) is 0 Å². The summed E-state index contributed by atoms with van der Waals surface area (Å²) in [6.07, 6.45) is 0. The van der Waals surface area contributed by atoms with Gasteiger partial charge in [-0.3, -0.25) is 0 Å². The van der Waals surface area contributed by atoms with E-state index in [1.807, 2.05) is 0 Å². The first-order valence-electron chi connectivity index (χ1n) is 4.52. The highest BCUT2D eigenvalue weighted by Crippen LogP contribution is 2.25. The fourth-order valence-corrected chi connectivity index (χ4v) is 0.986. The fraction of sp³-hybridized carbons (Fsp3) is 1.00. The van der Waals surface area contributed by atoms with Crippen LogP contribution < -0.4 is 0 Å². The zero-order chi connectivity index (χ0) is 11.2. The molecule has 6 nitrogen and oxygen atoms in total. The van der Waals surface area contributed by atoms with Gasteiger partial charge in [0.2, 0.25) is 0 Å². The molecular weight excluding hydrogens is 192 g/mol. The SMILES string of the molecule is CCOC(OCC)(OCC)C(O)(O)O. The van der Waals surface area contributed by atoms with Crippen molar-refractivity contribution in [1.82, 2.24) is 0 Å². The van der Waals surface area contributed by atoms with Gasteiger partial charge >= 0.3 is 11.9 Å². The van der Waals surface area contributed by atoms with Crippen LogP contribution in [0.5, 0.6) is 0 Å². The van der Waals surface area contributed by atoms with E-state index in [4.69, 9.17) is 29.5 Å². The van der Waals surface area contributed by atoms with E-state index in [1.165, 1.54) is 0 Å². The summed E-state index contributed by atoms with van der Waals surface area (Å²) in [5.41, 5.74) is 0. The van der Waals surface area contributed by atoms with Crippen LogP contribution in [-0.2, 0) is 14.2 Å². The highest BCUT2D eigenvalue weighted by Gasteiger charge is 2.53. The van der Waals surface area contributed by atoms with E-state index in [0.717, 1.165) is 0 Å². The first-order chi connectivity index (χ1) is 6.43. The molecule has 0 rings (SSSR count). The van der Waals surface area contributed by atoms with Gasteiger partial charge in [0, 0.05) is 19.8 Å². The Morgan fingerprint density at radius 1 is 0.786 bits per heavy atom. The van der Waals surface area contributed by atoms with Crippen molar-refractivity contribution in [3.63, 3.8) is 0 Å². The van der Waals surface area contributed by atoms with Gasteiger partial charge in [0.1, 0.15) is 0 Å². The molecule has 0 aromatic rings. The molecule has 0 atom stereocenters. The van der Waals surface area contributed by atoms with Crippen LogP contribution in [0.2, 0.25) is 0 Å². The summed E-state index contributed by atoms with van der Waals surface area (Å²) >= 11 is 0. The number of hydrogen-bond acceptors (Lipinski definition) is 6. The molecule has 0 aromatic carbocycles. The van der Waals surface area contributed by atoms with Gasteiger partial charge in [-0.1, -0.05) is 0 Å². The maximum absolute atomic E-state index is 9.06. The number of rotatable bonds is 7. The van der Waals surface area contributed by atoms with Crippen molar-refractivity contribution in [2.24, 2.45) is 0 Å². The number of aliphatic hydroxyl groups is 3. The van der Waals surface area contributed by atoms with Crippen LogP contribution in [0.15, 0.2) is 0 Å². The fourth-order valence-electron chi connectivity index (χ4n) is 0.986. The molecule has 0 aliphatic rings. The quantitative estimate of drug-likeness (QED) is 0.485. The predicted octanol–water partition coefficient (Wildman–Crippen LogP) is -0.620. The highest BCUT2D eigenvalue weighted by atomic mass is 16.9. The molecule has 0 heterocycles. The summed E-state index contributed by atoms with van der Waals surface area (Å²) in [6.45, 7) is 5.13. The zero-order valence-corrected chi connectivity index (χ0v) is 8.69. The largest absolute Gasteiger partial charge is 0.369 e. The van der Waals surface area contributed by atoms with Crippen molar-refractivity contribution in [2.45, 2.75) is 32.7 Å². The van der Waals surface area contributed by atoms with Crippen molar-refractivity contribution < 1.29 is 29.5 Å².